The molecule has 0 rings (SSSR count). The maximum Gasteiger partial charge on any atom is 0.472 e. The van der Waals surface area contributed by atoms with Gasteiger partial charge in [0.1, 0.15) is 12.6 Å². The normalized spacial score (nSPS) is 16.8. The molecule has 0 aliphatic carbocycles. The van der Waals surface area contributed by atoms with E-state index in [1.54, 1.807) is 0 Å². The van der Waals surface area contributed by atoms with E-state index < -0.39 is 57.6 Å². The topological polar surface area (TPSA) is 172 Å². The second kappa shape index (κ2) is 33.4. The van der Waals surface area contributed by atoms with Crippen LogP contribution >= 0.6 is 7.82 Å². The van der Waals surface area contributed by atoms with Crippen LogP contribution in [0.2, 0.25) is 0 Å². The molecule has 0 saturated carbocycles. The SMILES string of the molecule is [2H]C([2H])(OC(=O)CCCCCCCCCCCCCCCC)[C@@]([2H])(OC(=O)CCCCCCC/C=C\CCCC)C([2H])([2H])OP(=O)(O)OC[C@H](N)C(=O)O. The third-order valence-electron chi connectivity index (χ3n) is 7.84. The van der Waals surface area contributed by atoms with Gasteiger partial charge in [0, 0.05) is 12.8 Å². The fourth-order valence-corrected chi connectivity index (χ4v) is 5.44. The fourth-order valence-electron chi connectivity index (χ4n) is 4.84. The molecule has 1 unspecified atom stereocenters. The third-order valence-corrected chi connectivity index (χ3v) is 8.64. The van der Waals surface area contributed by atoms with Crippen LogP contribution in [0.25, 0.3) is 0 Å². The lowest BCUT2D eigenvalue weighted by Gasteiger charge is -2.20. The summed E-state index contributed by atoms with van der Waals surface area (Å²) in [5.74, 6) is -3.98. The monoisotopic (exact) mass is 725 g/mol. The molecule has 0 aromatic carbocycles. The van der Waals surface area contributed by atoms with Gasteiger partial charge in [0.25, 0.3) is 0 Å². The predicted molar refractivity (Wildman–Crippen MR) is 194 cm³/mol. The molecule has 12 heteroatoms. The van der Waals surface area contributed by atoms with E-state index in [2.05, 4.69) is 35.0 Å². The van der Waals surface area contributed by atoms with Gasteiger partial charge in [0.05, 0.1) is 20.0 Å². The maximum atomic E-state index is 12.8. The number of nitrogens with two attached hydrogens (primary N) is 1. The molecule has 0 aliphatic rings. The first-order valence-corrected chi connectivity index (χ1v) is 20.2. The Morgan fingerprint density at radius 3 is 1.65 bits per heavy atom. The highest BCUT2D eigenvalue weighted by Gasteiger charge is 2.28. The van der Waals surface area contributed by atoms with Crippen LogP contribution in [0.3, 0.4) is 0 Å². The molecule has 0 radical (unpaired) electrons. The van der Waals surface area contributed by atoms with E-state index in [0.29, 0.717) is 19.3 Å². The number of phosphoric ester groups is 1. The molecule has 0 bridgehead atoms. The quantitative estimate of drug-likeness (QED) is 0.0243. The zero-order valence-electron chi connectivity index (χ0n) is 35.3. The number of aliphatic carboxylic acids is 1. The third kappa shape index (κ3) is 33.1. The Kier molecular flexibility index (Phi) is 26.2. The zero-order valence-corrected chi connectivity index (χ0v) is 31.2. The van der Waals surface area contributed by atoms with Gasteiger partial charge >= 0.3 is 25.7 Å². The van der Waals surface area contributed by atoms with Crippen LogP contribution in [0.5, 0.6) is 0 Å². The Bertz CT molecular complexity index is 1120. The van der Waals surface area contributed by atoms with Gasteiger partial charge in [0.15, 0.2) is 6.08 Å². The molecule has 0 saturated heterocycles. The molecule has 3 atom stereocenters. The molecule has 0 spiro atoms. The van der Waals surface area contributed by atoms with Crippen LogP contribution in [-0.2, 0) is 37.5 Å². The molecule has 0 heterocycles. The first-order valence-electron chi connectivity index (χ1n) is 21.2. The number of carbonyl (C=O) groups is 3. The van der Waals surface area contributed by atoms with E-state index in [4.69, 9.17) is 27.2 Å². The zero-order chi connectivity index (χ0) is 40.9. The minimum absolute atomic E-state index is 0.266. The van der Waals surface area contributed by atoms with E-state index >= 15 is 0 Å². The van der Waals surface area contributed by atoms with Crippen molar-refractivity contribution in [2.24, 2.45) is 5.73 Å². The Morgan fingerprint density at radius 2 is 1.14 bits per heavy atom. The molecular formula is C37H70NO10P. The van der Waals surface area contributed by atoms with Gasteiger partial charge in [-0.15, -0.1) is 0 Å². The van der Waals surface area contributed by atoms with Gasteiger partial charge in [-0.1, -0.05) is 142 Å². The minimum atomic E-state index is -5.59. The molecule has 0 fully saturated rings. The van der Waals surface area contributed by atoms with Crippen LogP contribution in [0.15, 0.2) is 12.2 Å². The van der Waals surface area contributed by atoms with E-state index in [1.807, 2.05) is 0 Å². The number of carbonyl (C=O) groups excluding carboxylic acids is 2. The molecular weight excluding hydrogens is 649 g/mol. The van der Waals surface area contributed by atoms with Gasteiger partial charge < -0.3 is 25.2 Å². The van der Waals surface area contributed by atoms with Crippen molar-refractivity contribution >= 4 is 25.7 Å². The van der Waals surface area contributed by atoms with Crippen LogP contribution in [0.4, 0.5) is 0 Å². The summed E-state index contributed by atoms with van der Waals surface area (Å²) in [7, 11) is -5.59. The minimum Gasteiger partial charge on any atom is -0.480 e. The Morgan fingerprint density at radius 1 is 0.694 bits per heavy atom. The molecule has 11 nitrogen and oxygen atoms in total. The number of allylic oxidation sites excluding steroid dienone is 2. The second-order valence-corrected chi connectivity index (χ2v) is 13.9. The van der Waals surface area contributed by atoms with Crippen LogP contribution < -0.4 is 5.73 Å². The number of esters is 2. The maximum absolute atomic E-state index is 12.8. The first-order chi connectivity index (χ1) is 25.4. The van der Waals surface area contributed by atoms with Crippen molar-refractivity contribution in [1.82, 2.24) is 0 Å². The molecule has 288 valence electrons. The van der Waals surface area contributed by atoms with Crippen molar-refractivity contribution in [1.29, 1.82) is 0 Å². The number of phosphoric acid groups is 1. The van der Waals surface area contributed by atoms with Crippen molar-refractivity contribution in [3.63, 3.8) is 0 Å². The molecule has 4 N–H and O–H groups in total. The Hall–Kier alpha value is -1.78. The first kappa shape index (κ1) is 38.5. The smallest absolute Gasteiger partial charge is 0.472 e. The summed E-state index contributed by atoms with van der Waals surface area (Å²) in [6.07, 6.45) is 22.8. The van der Waals surface area contributed by atoms with Crippen LogP contribution in [0.1, 0.15) is 181 Å². The van der Waals surface area contributed by atoms with Crippen molar-refractivity contribution in [2.75, 3.05) is 19.7 Å². The van der Waals surface area contributed by atoms with Crippen LogP contribution in [0, 0.1) is 0 Å². The standard InChI is InChI=1S/C37H70NO10P/c1-3-5-7-9-11-13-15-16-17-19-20-22-24-26-28-35(39)45-30-33(31-46-49(43,44)47-32-34(38)37(41)42)48-36(40)29-27-25-23-21-18-14-12-10-8-6-4-2/h10,12,33-34H,3-9,11,13-32,38H2,1-2H3,(H,41,42)(H,43,44)/b12-10-/t33-,34+/m1/s1/i30D2,31D2,33D. The number of unbranched alkanes of at least 4 members (excludes halogenated alkanes) is 20. The highest BCUT2D eigenvalue weighted by molar-refractivity contribution is 7.47. The van der Waals surface area contributed by atoms with E-state index in [-0.39, 0.29) is 19.3 Å². The van der Waals surface area contributed by atoms with E-state index in [1.165, 1.54) is 51.4 Å². The lowest BCUT2D eigenvalue weighted by atomic mass is 10.0. The number of hydrogen-bond acceptors (Lipinski definition) is 9. The summed E-state index contributed by atoms with van der Waals surface area (Å²) >= 11 is 0. The number of carboxylic acids is 1. The molecule has 0 amide bonds. The lowest BCUT2D eigenvalue weighted by molar-refractivity contribution is -0.161. The summed E-state index contributed by atoms with van der Waals surface area (Å²) in [6, 6.07) is -1.80. The van der Waals surface area contributed by atoms with E-state index in [9.17, 15) is 23.8 Å². The number of rotatable bonds is 36. The molecule has 49 heavy (non-hydrogen) atoms. The summed E-state index contributed by atoms with van der Waals surface area (Å²) in [5.41, 5.74) is 5.26. The lowest BCUT2D eigenvalue weighted by Crippen LogP contribution is -2.34. The van der Waals surface area contributed by atoms with Crippen molar-refractivity contribution in [3.05, 3.63) is 12.2 Å². The summed E-state index contributed by atoms with van der Waals surface area (Å²) in [6.45, 7) is -4.46. The number of ether oxygens (including phenoxy) is 2. The van der Waals surface area contributed by atoms with Gasteiger partial charge in [-0.25, -0.2) is 4.57 Å². The van der Waals surface area contributed by atoms with Crippen molar-refractivity contribution in [3.8, 4) is 0 Å². The summed E-state index contributed by atoms with van der Waals surface area (Å²) in [4.78, 5) is 46.6. The average Bonchev–Trinajstić information content (AvgIpc) is 3.08. The van der Waals surface area contributed by atoms with Crippen LogP contribution in [-0.4, -0.2) is 59.8 Å². The molecule has 0 aromatic rings. The van der Waals surface area contributed by atoms with Gasteiger partial charge in [-0.2, -0.15) is 0 Å². The highest BCUT2D eigenvalue weighted by Crippen LogP contribution is 2.43. The highest BCUT2D eigenvalue weighted by atomic mass is 31.2. The number of carboxylic acid groups (broad SMARTS) is 1. The predicted octanol–water partition coefficient (Wildman–Crippen LogP) is 9.34. The van der Waals surface area contributed by atoms with Crippen molar-refractivity contribution < 1.29 is 54.3 Å². The van der Waals surface area contributed by atoms with Gasteiger partial charge in [-0.3, -0.25) is 23.4 Å². The molecule has 0 aliphatic heterocycles. The molecule has 0 aromatic heterocycles. The fraction of sp³-hybridized carbons (Fsp3) is 0.865. The Balaban J connectivity index is 5.20. The van der Waals surface area contributed by atoms with E-state index in [0.717, 1.165) is 70.6 Å². The Labute approximate surface area is 304 Å². The largest absolute Gasteiger partial charge is 0.480 e. The second-order valence-electron chi connectivity index (χ2n) is 12.5. The van der Waals surface area contributed by atoms with Gasteiger partial charge in [-0.05, 0) is 32.1 Å². The van der Waals surface area contributed by atoms with Gasteiger partial charge in [0.2, 0.25) is 0 Å². The average molecular weight is 725 g/mol. The number of hydrogen-bond donors (Lipinski definition) is 3. The summed E-state index contributed by atoms with van der Waals surface area (Å²) in [5, 5.41) is 8.91. The van der Waals surface area contributed by atoms with Crippen molar-refractivity contribution in [2.45, 2.75) is 186 Å². The summed E-state index contributed by atoms with van der Waals surface area (Å²) < 4.78 is 73.2.